The van der Waals surface area contributed by atoms with Gasteiger partial charge in [-0.15, -0.1) is 0 Å². The molecule has 0 atom stereocenters. The summed E-state index contributed by atoms with van der Waals surface area (Å²) < 4.78 is 15.7. The largest absolute Gasteiger partial charge is 0.351 e. The molecule has 4 aromatic rings. The number of aromatic nitrogens is 2. The molecule has 156 valence electrons. The van der Waals surface area contributed by atoms with Crippen molar-refractivity contribution in [2.24, 2.45) is 0 Å². The number of carbonyl (C=O) groups is 1. The monoisotopic (exact) mass is 453 g/mol. The number of hydrogen-bond acceptors (Lipinski definition) is 4. The highest BCUT2D eigenvalue weighted by Crippen LogP contribution is 2.23. The Bertz CT molecular complexity index is 1330. The van der Waals surface area contributed by atoms with Crippen LogP contribution in [0.3, 0.4) is 0 Å². The van der Waals surface area contributed by atoms with E-state index in [2.05, 4.69) is 10.3 Å². The Hall–Kier alpha value is -3.16. The number of amides is 1. The molecule has 0 radical (unpaired) electrons. The van der Waals surface area contributed by atoms with Crippen molar-refractivity contribution in [3.63, 3.8) is 0 Å². The summed E-state index contributed by atoms with van der Waals surface area (Å²) in [6.45, 7) is 0.282. The van der Waals surface area contributed by atoms with Crippen LogP contribution in [0.15, 0.2) is 82.7 Å². The van der Waals surface area contributed by atoms with Crippen molar-refractivity contribution < 1.29 is 9.18 Å². The van der Waals surface area contributed by atoms with Crippen molar-refractivity contribution in [3.05, 3.63) is 99.6 Å². The Morgan fingerprint density at radius 1 is 1.03 bits per heavy atom. The SMILES string of the molecule is O=C(CSc1nc2ccccc2c(=O)n1-c1ccccc1F)NCc1ccccc1Cl. The number of rotatable bonds is 6. The summed E-state index contributed by atoms with van der Waals surface area (Å²) >= 11 is 7.18. The summed E-state index contributed by atoms with van der Waals surface area (Å²) in [7, 11) is 0. The number of nitrogens with zero attached hydrogens (tertiary/aromatic N) is 2. The van der Waals surface area contributed by atoms with Gasteiger partial charge in [-0.3, -0.25) is 14.2 Å². The Kier molecular flexibility index (Phi) is 6.34. The molecule has 1 heterocycles. The topological polar surface area (TPSA) is 64.0 Å². The zero-order chi connectivity index (χ0) is 21.8. The molecule has 1 aromatic heterocycles. The van der Waals surface area contributed by atoms with Crippen LogP contribution in [-0.4, -0.2) is 21.2 Å². The van der Waals surface area contributed by atoms with Gasteiger partial charge in [0, 0.05) is 11.6 Å². The van der Waals surface area contributed by atoms with Crippen LogP contribution in [0, 0.1) is 5.82 Å². The maximum Gasteiger partial charge on any atom is 0.266 e. The highest BCUT2D eigenvalue weighted by Gasteiger charge is 2.17. The fraction of sp³-hybridized carbons (Fsp3) is 0.0870. The maximum atomic E-state index is 14.5. The van der Waals surface area contributed by atoms with E-state index in [1.807, 2.05) is 18.2 Å². The first-order valence-corrected chi connectivity index (χ1v) is 10.8. The van der Waals surface area contributed by atoms with Gasteiger partial charge in [0.2, 0.25) is 5.91 Å². The first-order valence-electron chi connectivity index (χ1n) is 9.44. The normalized spacial score (nSPS) is 10.9. The second kappa shape index (κ2) is 9.32. The molecule has 0 saturated heterocycles. The van der Waals surface area contributed by atoms with Crippen LogP contribution in [0.5, 0.6) is 0 Å². The van der Waals surface area contributed by atoms with Crippen LogP contribution in [-0.2, 0) is 11.3 Å². The van der Waals surface area contributed by atoms with Gasteiger partial charge >= 0.3 is 0 Å². The van der Waals surface area contributed by atoms with Crippen molar-refractivity contribution in [3.8, 4) is 5.69 Å². The summed E-state index contributed by atoms with van der Waals surface area (Å²) in [5.41, 5.74) is 0.980. The van der Waals surface area contributed by atoms with Crippen molar-refractivity contribution in [2.75, 3.05) is 5.75 Å². The number of benzene rings is 3. The number of fused-ring (bicyclic) bond motifs is 1. The van der Waals surface area contributed by atoms with Crippen LogP contribution in [0.25, 0.3) is 16.6 Å². The first-order chi connectivity index (χ1) is 15.0. The van der Waals surface area contributed by atoms with Crippen molar-refractivity contribution in [1.29, 1.82) is 0 Å². The number of halogens is 2. The zero-order valence-corrected chi connectivity index (χ0v) is 17.8. The van der Waals surface area contributed by atoms with Gasteiger partial charge in [-0.1, -0.05) is 65.8 Å². The smallest absolute Gasteiger partial charge is 0.266 e. The molecule has 31 heavy (non-hydrogen) atoms. The molecule has 0 aliphatic heterocycles. The average molecular weight is 454 g/mol. The van der Waals surface area contributed by atoms with E-state index in [-0.39, 0.29) is 29.0 Å². The second-order valence-electron chi connectivity index (χ2n) is 6.66. The third-order valence-electron chi connectivity index (χ3n) is 4.60. The van der Waals surface area contributed by atoms with E-state index in [9.17, 15) is 14.0 Å². The number of thioether (sulfide) groups is 1. The lowest BCUT2D eigenvalue weighted by molar-refractivity contribution is -0.118. The molecular weight excluding hydrogens is 437 g/mol. The molecule has 0 aliphatic carbocycles. The van der Waals surface area contributed by atoms with Gasteiger partial charge in [0.25, 0.3) is 5.56 Å². The molecule has 5 nitrogen and oxygen atoms in total. The van der Waals surface area contributed by atoms with Gasteiger partial charge in [0.05, 0.1) is 22.3 Å². The fourth-order valence-electron chi connectivity index (χ4n) is 3.07. The molecule has 0 bridgehead atoms. The van der Waals surface area contributed by atoms with E-state index in [1.54, 1.807) is 42.5 Å². The van der Waals surface area contributed by atoms with E-state index < -0.39 is 11.4 Å². The molecule has 0 unspecified atom stereocenters. The lowest BCUT2D eigenvalue weighted by Crippen LogP contribution is -2.26. The fourth-order valence-corrected chi connectivity index (χ4v) is 4.11. The minimum Gasteiger partial charge on any atom is -0.351 e. The number of carbonyl (C=O) groups excluding carboxylic acids is 1. The number of para-hydroxylation sites is 2. The maximum absolute atomic E-state index is 14.5. The molecule has 8 heteroatoms. The lowest BCUT2D eigenvalue weighted by Gasteiger charge is -2.14. The molecule has 0 saturated carbocycles. The minimum absolute atomic E-state index is 0.00366. The summed E-state index contributed by atoms with van der Waals surface area (Å²) in [5.74, 6) is -0.803. The molecule has 3 aromatic carbocycles. The Morgan fingerprint density at radius 3 is 2.55 bits per heavy atom. The minimum atomic E-state index is -0.549. The quantitative estimate of drug-likeness (QED) is 0.342. The summed E-state index contributed by atoms with van der Waals surface area (Å²) in [6, 6.07) is 20.1. The molecule has 0 spiro atoms. The molecule has 0 aliphatic rings. The van der Waals surface area contributed by atoms with Gasteiger partial charge < -0.3 is 5.32 Å². The van der Waals surface area contributed by atoms with E-state index in [1.165, 1.54) is 16.7 Å². The lowest BCUT2D eigenvalue weighted by atomic mass is 10.2. The highest BCUT2D eigenvalue weighted by atomic mass is 35.5. The van der Waals surface area contributed by atoms with Crippen LogP contribution >= 0.6 is 23.4 Å². The van der Waals surface area contributed by atoms with E-state index >= 15 is 0 Å². The molecule has 1 N–H and O–H groups in total. The van der Waals surface area contributed by atoms with Crippen LogP contribution in [0.2, 0.25) is 5.02 Å². The zero-order valence-electron chi connectivity index (χ0n) is 16.2. The van der Waals surface area contributed by atoms with Crippen molar-refractivity contribution in [2.45, 2.75) is 11.7 Å². The highest BCUT2D eigenvalue weighted by molar-refractivity contribution is 7.99. The molecule has 0 fully saturated rings. The molecule has 1 amide bonds. The Labute approximate surface area is 186 Å². The van der Waals surface area contributed by atoms with Crippen molar-refractivity contribution in [1.82, 2.24) is 14.9 Å². The molecular formula is C23H17ClFN3O2S. The van der Waals surface area contributed by atoms with E-state index in [0.29, 0.717) is 15.9 Å². The van der Waals surface area contributed by atoms with Crippen LogP contribution in [0.4, 0.5) is 4.39 Å². The van der Waals surface area contributed by atoms with Gasteiger partial charge in [-0.2, -0.15) is 0 Å². The van der Waals surface area contributed by atoms with E-state index in [0.717, 1.165) is 17.3 Å². The van der Waals surface area contributed by atoms with Gasteiger partial charge in [0.15, 0.2) is 5.16 Å². The first kappa shape index (κ1) is 21.1. The molecule has 4 rings (SSSR count). The van der Waals surface area contributed by atoms with Gasteiger partial charge in [-0.25, -0.2) is 9.37 Å². The standard InChI is InChI=1S/C23H17ClFN3O2S/c24-17-9-3-1-7-15(17)13-26-21(29)14-31-23-27-19-11-5-2-8-16(19)22(30)28(23)20-12-6-4-10-18(20)25/h1-12H,13-14H2,(H,26,29). The third-order valence-corrected chi connectivity index (χ3v) is 5.91. The predicted molar refractivity (Wildman–Crippen MR) is 121 cm³/mol. The average Bonchev–Trinajstić information content (AvgIpc) is 2.78. The summed E-state index contributed by atoms with van der Waals surface area (Å²) in [4.78, 5) is 30.0. The van der Waals surface area contributed by atoms with Gasteiger partial charge in [-0.05, 0) is 35.9 Å². The number of nitrogens with one attached hydrogen (secondary N) is 1. The van der Waals surface area contributed by atoms with Crippen LogP contribution < -0.4 is 10.9 Å². The Morgan fingerprint density at radius 2 is 1.74 bits per heavy atom. The number of hydrogen-bond donors (Lipinski definition) is 1. The van der Waals surface area contributed by atoms with Gasteiger partial charge in [0.1, 0.15) is 5.82 Å². The summed E-state index contributed by atoms with van der Waals surface area (Å²) in [5, 5.41) is 3.98. The van der Waals surface area contributed by atoms with E-state index in [4.69, 9.17) is 11.6 Å². The van der Waals surface area contributed by atoms with Crippen LogP contribution in [0.1, 0.15) is 5.56 Å². The third kappa shape index (κ3) is 4.62. The van der Waals surface area contributed by atoms with Crippen molar-refractivity contribution >= 4 is 40.2 Å². The summed E-state index contributed by atoms with van der Waals surface area (Å²) in [6.07, 6.45) is 0. The second-order valence-corrected chi connectivity index (χ2v) is 8.01. The Balaban J connectivity index is 1.61. The predicted octanol–water partition coefficient (Wildman–Crippen LogP) is 4.59.